The zero-order valence-electron chi connectivity index (χ0n) is 14.0. The molecule has 0 aliphatic carbocycles. The summed E-state index contributed by atoms with van der Waals surface area (Å²) in [5.74, 6) is 0.0703. The predicted molar refractivity (Wildman–Crippen MR) is 98.7 cm³/mol. The summed E-state index contributed by atoms with van der Waals surface area (Å²) >= 11 is 3.30. The van der Waals surface area contributed by atoms with E-state index in [4.69, 9.17) is 4.74 Å². The fourth-order valence-corrected chi connectivity index (χ4v) is 4.50. The van der Waals surface area contributed by atoms with E-state index in [0.717, 1.165) is 0 Å². The Balaban J connectivity index is 2.41. The maximum Gasteiger partial charge on any atom is 0.337 e. The Labute approximate surface area is 155 Å². The summed E-state index contributed by atoms with van der Waals surface area (Å²) < 4.78 is 37.5. The molecule has 0 saturated heterocycles. The first-order valence-corrected chi connectivity index (χ1v) is 9.63. The Morgan fingerprint density at radius 2 is 1.76 bits per heavy atom. The topological polar surface area (TPSA) is 72.9 Å². The van der Waals surface area contributed by atoms with Gasteiger partial charge in [0.05, 0.1) is 34.8 Å². The highest BCUT2D eigenvalue weighted by atomic mass is 79.9. The van der Waals surface area contributed by atoms with Crippen LogP contribution in [0.5, 0.6) is 5.75 Å². The summed E-state index contributed by atoms with van der Waals surface area (Å²) in [5.41, 5.74) is 0.814. The summed E-state index contributed by atoms with van der Waals surface area (Å²) in [6.07, 6.45) is 0. The minimum Gasteiger partial charge on any atom is -0.496 e. The molecule has 0 aliphatic rings. The largest absolute Gasteiger partial charge is 0.496 e. The summed E-state index contributed by atoms with van der Waals surface area (Å²) in [4.78, 5) is 11.6. The first-order chi connectivity index (χ1) is 11.8. The molecule has 0 aliphatic heterocycles. The Hall–Kier alpha value is -2.06. The lowest BCUT2D eigenvalue weighted by Crippen LogP contribution is -2.30. The van der Waals surface area contributed by atoms with E-state index < -0.39 is 16.0 Å². The summed E-state index contributed by atoms with van der Waals surface area (Å²) in [5, 5.41) is 0. The van der Waals surface area contributed by atoms with Gasteiger partial charge in [-0.3, -0.25) is 4.31 Å². The zero-order chi connectivity index (χ0) is 18.6. The number of carbonyl (C=O) groups is 1. The van der Waals surface area contributed by atoms with Gasteiger partial charge >= 0.3 is 5.97 Å². The standard InChI is InChI=1S/C17H18BrNO5S/c1-4-19(13-7-5-12(6-8-13)17(20)24-3)25(21,22)14-9-10-16(23-2)15(18)11-14/h5-11H,4H2,1-3H3. The number of halogens is 1. The van der Waals surface area contributed by atoms with Crippen molar-refractivity contribution in [3.63, 3.8) is 0 Å². The third-order valence-electron chi connectivity index (χ3n) is 3.57. The smallest absolute Gasteiger partial charge is 0.337 e. The van der Waals surface area contributed by atoms with Gasteiger partial charge in [0, 0.05) is 6.54 Å². The zero-order valence-corrected chi connectivity index (χ0v) is 16.4. The van der Waals surface area contributed by atoms with Gasteiger partial charge in [-0.1, -0.05) is 0 Å². The number of nitrogens with zero attached hydrogens (tertiary/aromatic N) is 1. The van der Waals surface area contributed by atoms with E-state index >= 15 is 0 Å². The van der Waals surface area contributed by atoms with Gasteiger partial charge in [-0.15, -0.1) is 0 Å². The Kier molecular flexibility index (Phi) is 6.07. The predicted octanol–water partition coefficient (Wildman–Crippen LogP) is 3.46. The molecule has 25 heavy (non-hydrogen) atoms. The van der Waals surface area contributed by atoms with Gasteiger partial charge in [0.25, 0.3) is 10.0 Å². The van der Waals surface area contributed by atoms with Crippen LogP contribution in [0, 0.1) is 0 Å². The lowest BCUT2D eigenvalue weighted by atomic mass is 10.2. The summed E-state index contributed by atoms with van der Waals surface area (Å²) in [6.45, 7) is 1.98. The number of carbonyl (C=O) groups excluding carboxylic acids is 1. The van der Waals surface area contributed by atoms with Crippen LogP contribution < -0.4 is 9.04 Å². The van der Waals surface area contributed by atoms with Crippen molar-refractivity contribution >= 4 is 37.6 Å². The number of hydrogen-bond donors (Lipinski definition) is 0. The van der Waals surface area contributed by atoms with E-state index in [2.05, 4.69) is 20.7 Å². The highest BCUT2D eigenvalue weighted by Crippen LogP contribution is 2.30. The highest BCUT2D eigenvalue weighted by molar-refractivity contribution is 9.10. The summed E-state index contributed by atoms with van der Waals surface area (Å²) in [7, 11) is -0.957. The fourth-order valence-electron chi connectivity index (χ4n) is 2.31. The molecule has 0 heterocycles. The Bertz CT molecular complexity index is 865. The van der Waals surface area contributed by atoms with E-state index in [1.807, 2.05) is 0 Å². The van der Waals surface area contributed by atoms with Crippen LogP contribution in [0.25, 0.3) is 0 Å². The van der Waals surface area contributed by atoms with Crippen molar-refractivity contribution in [1.82, 2.24) is 0 Å². The molecule has 0 N–H and O–H groups in total. The van der Waals surface area contributed by atoms with Crippen molar-refractivity contribution in [2.45, 2.75) is 11.8 Å². The molecule has 0 aromatic heterocycles. The molecule has 0 radical (unpaired) electrons. The molecule has 6 nitrogen and oxygen atoms in total. The van der Waals surface area contributed by atoms with Crippen molar-refractivity contribution in [3.05, 3.63) is 52.5 Å². The minimum absolute atomic E-state index is 0.138. The average Bonchev–Trinajstić information content (AvgIpc) is 2.62. The molecular formula is C17H18BrNO5S. The average molecular weight is 428 g/mol. The Morgan fingerprint density at radius 3 is 2.24 bits per heavy atom. The molecule has 0 spiro atoms. The van der Waals surface area contributed by atoms with Crippen LogP contribution in [0.4, 0.5) is 5.69 Å². The van der Waals surface area contributed by atoms with Crippen LogP contribution in [0.1, 0.15) is 17.3 Å². The van der Waals surface area contributed by atoms with Gasteiger partial charge in [-0.25, -0.2) is 13.2 Å². The van der Waals surface area contributed by atoms with Gasteiger partial charge < -0.3 is 9.47 Å². The monoisotopic (exact) mass is 427 g/mol. The number of benzene rings is 2. The van der Waals surface area contributed by atoms with Crippen LogP contribution in [-0.2, 0) is 14.8 Å². The SMILES string of the molecule is CCN(c1ccc(C(=O)OC)cc1)S(=O)(=O)c1ccc(OC)c(Br)c1. The molecule has 0 saturated carbocycles. The second-order valence-electron chi connectivity index (χ2n) is 5.00. The first kappa shape index (κ1) is 19.3. The van der Waals surface area contributed by atoms with Gasteiger partial charge in [-0.2, -0.15) is 0 Å². The number of ether oxygens (including phenoxy) is 2. The lowest BCUT2D eigenvalue weighted by molar-refractivity contribution is 0.0601. The van der Waals surface area contributed by atoms with Crippen molar-refractivity contribution in [2.24, 2.45) is 0 Å². The number of sulfonamides is 1. The number of anilines is 1. The number of esters is 1. The second-order valence-corrected chi connectivity index (χ2v) is 7.72. The van der Waals surface area contributed by atoms with Crippen LogP contribution in [-0.4, -0.2) is 35.2 Å². The quantitative estimate of drug-likeness (QED) is 0.659. The maximum absolute atomic E-state index is 13.0. The van der Waals surface area contributed by atoms with E-state index in [1.165, 1.54) is 42.8 Å². The normalized spacial score (nSPS) is 11.0. The number of hydrogen-bond acceptors (Lipinski definition) is 5. The van der Waals surface area contributed by atoms with E-state index in [1.54, 1.807) is 25.1 Å². The second kappa shape index (κ2) is 7.88. The molecule has 0 unspecified atom stereocenters. The van der Waals surface area contributed by atoms with Crippen molar-refractivity contribution in [1.29, 1.82) is 0 Å². The van der Waals surface area contributed by atoms with Gasteiger partial charge in [0.15, 0.2) is 0 Å². The van der Waals surface area contributed by atoms with Crippen LogP contribution >= 0.6 is 15.9 Å². The van der Waals surface area contributed by atoms with E-state index in [-0.39, 0.29) is 11.4 Å². The van der Waals surface area contributed by atoms with E-state index in [0.29, 0.717) is 21.5 Å². The van der Waals surface area contributed by atoms with Gasteiger partial charge in [-0.05, 0) is 65.3 Å². The molecular weight excluding hydrogens is 410 g/mol. The number of rotatable bonds is 6. The molecule has 2 aromatic carbocycles. The highest BCUT2D eigenvalue weighted by Gasteiger charge is 2.24. The van der Waals surface area contributed by atoms with Crippen LogP contribution in [0.2, 0.25) is 0 Å². The molecule has 0 fully saturated rings. The molecule has 2 rings (SSSR count). The van der Waals surface area contributed by atoms with Crippen molar-refractivity contribution in [3.8, 4) is 5.75 Å². The third kappa shape index (κ3) is 3.96. The fraction of sp³-hybridized carbons (Fsp3) is 0.235. The number of methoxy groups -OCH3 is 2. The van der Waals surface area contributed by atoms with Gasteiger partial charge in [0.1, 0.15) is 5.75 Å². The van der Waals surface area contributed by atoms with Crippen LogP contribution in [0.15, 0.2) is 51.8 Å². The third-order valence-corrected chi connectivity index (χ3v) is 6.09. The molecule has 0 amide bonds. The minimum atomic E-state index is -3.76. The molecule has 2 aromatic rings. The van der Waals surface area contributed by atoms with E-state index in [9.17, 15) is 13.2 Å². The first-order valence-electron chi connectivity index (χ1n) is 7.39. The van der Waals surface area contributed by atoms with Crippen LogP contribution in [0.3, 0.4) is 0 Å². The van der Waals surface area contributed by atoms with Crippen molar-refractivity contribution in [2.75, 3.05) is 25.1 Å². The van der Waals surface area contributed by atoms with Crippen molar-refractivity contribution < 1.29 is 22.7 Å². The molecule has 0 bridgehead atoms. The Morgan fingerprint density at radius 1 is 1.12 bits per heavy atom. The molecule has 8 heteroatoms. The lowest BCUT2D eigenvalue weighted by Gasteiger charge is -2.23. The molecule has 134 valence electrons. The molecule has 0 atom stereocenters. The van der Waals surface area contributed by atoms with Gasteiger partial charge in [0.2, 0.25) is 0 Å². The summed E-state index contributed by atoms with van der Waals surface area (Å²) in [6, 6.07) is 10.8. The maximum atomic E-state index is 13.0.